The van der Waals surface area contributed by atoms with Gasteiger partial charge in [0.15, 0.2) is 5.82 Å². The van der Waals surface area contributed by atoms with Crippen LogP contribution in [0.3, 0.4) is 0 Å². The highest BCUT2D eigenvalue weighted by Gasteiger charge is 2.36. The van der Waals surface area contributed by atoms with Gasteiger partial charge in [0, 0.05) is 19.5 Å². The number of hydrogen-bond donors (Lipinski definition) is 3. The number of halogens is 1. The van der Waals surface area contributed by atoms with Crippen LogP contribution in [-0.4, -0.2) is 58.3 Å². The summed E-state index contributed by atoms with van der Waals surface area (Å²) < 4.78 is 0. The summed E-state index contributed by atoms with van der Waals surface area (Å²) in [7, 11) is 1.57. The predicted octanol–water partition coefficient (Wildman–Crippen LogP) is 2.38. The Balaban J connectivity index is 1.48. The molecule has 2 aliphatic rings. The van der Waals surface area contributed by atoms with Crippen molar-refractivity contribution >= 4 is 40.4 Å². The first-order chi connectivity index (χ1) is 15.9. The van der Waals surface area contributed by atoms with Crippen molar-refractivity contribution in [1.82, 2.24) is 25.5 Å². The number of hydrogen-bond acceptors (Lipinski definition) is 5. The topological polar surface area (TPSA) is 131 Å². The van der Waals surface area contributed by atoms with Gasteiger partial charge in [-0.3, -0.25) is 14.4 Å². The van der Waals surface area contributed by atoms with Crippen LogP contribution >= 0.6 is 11.6 Å². The number of amides is 3. The normalized spacial score (nSPS) is 19.9. The van der Waals surface area contributed by atoms with E-state index < -0.39 is 23.9 Å². The summed E-state index contributed by atoms with van der Waals surface area (Å²) in [6.45, 7) is 0.641. The first-order valence-corrected chi connectivity index (χ1v) is 11.6. The highest BCUT2D eigenvalue weighted by molar-refractivity contribution is 6.35. The molecule has 3 atom stereocenters. The van der Waals surface area contributed by atoms with E-state index in [0.717, 1.165) is 19.3 Å². The molecular weight excluding hydrogens is 444 g/mol. The molecule has 4 rings (SSSR count). The van der Waals surface area contributed by atoms with Crippen LogP contribution in [0.4, 0.5) is 0 Å². The molecule has 1 aromatic carbocycles. The summed E-state index contributed by atoms with van der Waals surface area (Å²) in [5.74, 6) is -0.736. The summed E-state index contributed by atoms with van der Waals surface area (Å²) in [6, 6.07) is 5.78. The van der Waals surface area contributed by atoms with Gasteiger partial charge in [-0.1, -0.05) is 30.5 Å². The van der Waals surface area contributed by atoms with Gasteiger partial charge in [-0.05, 0) is 43.7 Å². The zero-order valence-electron chi connectivity index (χ0n) is 18.4. The Bertz CT molecular complexity index is 1110. The third-order valence-corrected chi connectivity index (χ3v) is 6.71. The van der Waals surface area contributed by atoms with Crippen molar-refractivity contribution in [2.24, 2.45) is 11.8 Å². The number of nitrogens with zero attached hydrogens (tertiary/aromatic N) is 3. The number of rotatable bonds is 8. The summed E-state index contributed by atoms with van der Waals surface area (Å²) in [5, 5.41) is 15.6. The number of carbonyl (C=O) groups excluding carboxylic acids is 3. The van der Waals surface area contributed by atoms with Gasteiger partial charge in [0.05, 0.1) is 16.6 Å². The van der Waals surface area contributed by atoms with Crippen LogP contribution in [0.15, 0.2) is 18.2 Å². The Kier molecular flexibility index (Phi) is 6.84. The molecule has 1 aliphatic carbocycles. The molecule has 9 nitrogen and oxygen atoms in total. The maximum absolute atomic E-state index is 13.2. The Morgan fingerprint density at radius 3 is 2.79 bits per heavy atom. The van der Waals surface area contributed by atoms with Crippen LogP contribution in [0, 0.1) is 23.2 Å². The molecule has 2 fully saturated rings. The number of likely N-dealkylation sites (N-methyl/N-ethyl adjacent to an activating group) is 1. The lowest BCUT2D eigenvalue weighted by atomic mass is 9.92. The van der Waals surface area contributed by atoms with Crippen molar-refractivity contribution in [3.8, 4) is 6.07 Å². The number of piperidine rings is 1. The molecule has 10 heteroatoms. The monoisotopic (exact) mass is 470 g/mol. The van der Waals surface area contributed by atoms with Crippen LogP contribution < -0.4 is 10.6 Å². The largest absolute Gasteiger partial charge is 0.356 e. The van der Waals surface area contributed by atoms with E-state index in [1.807, 2.05) is 0 Å². The summed E-state index contributed by atoms with van der Waals surface area (Å²) in [6.07, 6.45) is 4.33. The van der Waals surface area contributed by atoms with Crippen LogP contribution in [0.25, 0.3) is 11.0 Å². The minimum absolute atomic E-state index is 0.0823. The molecule has 1 saturated carbocycles. The molecule has 174 valence electrons. The van der Waals surface area contributed by atoms with Gasteiger partial charge in [-0.25, -0.2) is 4.98 Å². The van der Waals surface area contributed by atoms with Crippen LogP contribution in [-0.2, 0) is 9.59 Å². The van der Waals surface area contributed by atoms with Crippen molar-refractivity contribution in [2.75, 3.05) is 13.6 Å². The third-order valence-electron chi connectivity index (χ3n) is 6.40. The average Bonchev–Trinajstić information content (AvgIpc) is 3.52. The molecule has 1 saturated heterocycles. The second-order valence-electron chi connectivity index (χ2n) is 8.89. The minimum Gasteiger partial charge on any atom is -0.356 e. The molecule has 0 bridgehead atoms. The van der Waals surface area contributed by atoms with Crippen molar-refractivity contribution in [3.05, 3.63) is 29.0 Å². The van der Waals surface area contributed by atoms with E-state index in [-0.39, 0.29) is 24.1 Å². The van der Waals surface area contributed by atoms with Gasteiger partial charge in [0.1, 0.15) is 17.6 Å². The molecule has 3 amide bonds. The van der Waals surface area contributed by atoms with E-state index in [4.69, 9.17) is 11.6 Å². The zero-order chi connectivity index (χ0) is 23.5. The van der Waals surface area contributed by atoms with Gasteiger partial charge in [0.2, 0.25) is 11.8 Å². The Labute approximate surface area is 196 Å². The molecule has 3 N–H and O–H groups in total. The van der Waals surface area contributed by atoms with Crippen LogP contribution in [0.1, 0.15) is 49.1 Å². The van der Waals surface area contributed by atoms with Crippen molar-refractivity contribution in [1.29, 1.82) is 5.26 Å². The summed E-state index contributed by atoms with van der Waals surface area (Å²) in [4.78, 5) is 47.1. The van der Waals surface area contributed by atoms with Gasteiger partial charge in [-0.2, -0.15) is 5.26 Å². The number of para-hydroxylation sites is 1. The van der Waals surface area contributed by atoms with Crippen molar-refractivity contribution in [2.45, 2.75) is 50.6 Å². The SMILES string of the molecule is CN(C(=O)c1nc2c(Cl)cccc2[nH]1)[C@@H](CC1CC1)C(=O)N[C@H](C#N)C[C@@H]1CCCNC1=O. The number of aromatic amines is 1. The molecule has 1 aliphatic heterocycles. The van der Waals surface area contributed by atoms with E-state index >= 15 is 0 Å². The fraction of sp³-hybridized carbons (Fsp3) is 0.522. The lowest BCUT2D eigenvalue weighted by molar-refractivity contribution is -0.129. The van der Waals surface area contributed by atoms with Crippen LogP contribution in [0.2, 0.25) is 5.02 Å². The second-order valence-corrected chi connectivity index (χ2v) is 9.30. The quantitative estimate of drug-likeness (QED) is 0.545. The van der Waals surface area contributed by atoms with Crippen molar-refractivity contribution in [3.63, 3.8) is 0 Å². The fourth-order valence-corrected chi connectivity index (χ4v) is 4.49. The lowest BCUT2D eigenvalue weighted by Crippen LogP contribution is -2.51. The number of nitrogens with one attached hydrogen (secondary N) is 3. The molecule has 33 heavy (non-hydrogen) atoms. The summed E-state index contributed by atoms with van der Waals surface area (Å²) in [5.41, 5.74) is 1.13. The van der Waals surface area contributed by atoms with Gasteiger partial charge >= 0.3 is 0 Å². The molecule has 0 spiro atoms. The summed E-state index contributed by atoms with van der Waals surface area (Å²) >= 11 is 6.18. The number of aromatic nitrogens is 2. The fourth-order valence-electron chi connectivity index (χ4n) is 4.27. The van der Waals surface area contributed by atoms with E-state index in [0.29, 0.717) is 41.4 Å². The first-order valence-electron chi connectivity index (χ1n) is 11.3. The van der Waals surface area contributed by atoms with E-state index in [9.17, 15) is 19.6 Å². The molecule has 2 heterocycles. The van der Waals surface area contributed by atoms with E-state index in [1.54, 1.807) is 25.2 Å². The van der Waals surface area contributed by atoms with E-state index in [2.05, 4.69) is 26.7 Å². The van der Waals surface area contributed by atoms with Gasteiger partial charge in [0.25, 0.3) is 5.91 Å². The number of fused-ring (bicyclic) bond motifs is 1. The number of benzene rings is 1. The van der Waals surface area contributed by atoms with Gasteiger partial charge in [-0.15, -0.1) is 0 Å². The minimum atomic E-state index is -0.804. The lowest BCUT2D eigenvalue weighted by Gasteiger charge is -2.29. The number of nitriles is 1. The zero-order valence-corrected chi connectivity index (χ0v) is 19.2. The maximum Gasteiger partial charge on any atom is 0.290 e. The highest BCUT2D eigenvalue weighted by atomic mass is 35.5. The Hall–Kier alpha value is -3.12. The van der Waals surface area contributed by atoms with Crippen molar-refractivity contribution < 1.29 is 14.4 Å². The van der Waals surface area contributed by atoms with Gasteiger partial charge < -0.3 is 20.5 Å². The number of H-pyrrole nitrogens is 1. The predicted molar refractivity (Wildman–Crippen MR) is 122 cm³/mol. The molecular formula is C23H27ClN6O3. The Morgan fingerprint density at radius 1 is 1.33 bits per heavy atom. The first kappa shape index (κ1) is 23.1. The Morgan fingerprint density at radius 2 is 2.12 bits per heavy atom. The third kappa shape index (κ3) is 5.28. The second kappa shape index (κ2) is 9.79. The molecule has 1 aromatic heterocycles. The number of imidazole rings is 1. The van der Waals surface area contributed by atoms with Crippen LogP contribution in [0.5, 0.6) is 0 Å². The standard InChI is InChI=1S/C23H27ClN6O3/c1-30(23(33)20-28-17-6-2-5-16(24)19(17)29-20)18(10-13-7-8-13)22(32)27-15(12-25)11-14-4-3-9-26-21(14)31/h2,5-6,13-15,18H,3-4,7-11H2,1H3,(H,26,31)(H,27,32)(H,28,29)/t14-,15-,18-/m0/s1. The highest BCUT2D eigenvalue weighted by Crippen LogP contribution is 2.35. The average molecular weight is 471 g/mol. The smallest absolute Gasteiger partial charge is 0.290 e. The molecule has 0 unspecified atom stereocenters. The molecule has 2 aromatic rings. The molecule has 0 radical (unpaired) electrons. The number of carbonyl (C=O) groups is 3. The maximum atomic E-state index is 13.2. The van der Waals surface area contributed by atoms with E-state index in [1.165, 1.54) is 4.90 Å².